The number of hydrogen-bond donors (Lipinski definition) is 2. The summed E-state index contributed by atoms with van der Waals surface area (Å²) in [6, 6.07) is 9.03. The summed E-state index contributed by atoms with van der Waals surface area (Å²) < 4.78 is 45.6. The van der Waals surface area contributed by atoms with E-state index >= 15 is 0 Å². The van der Waals surface area contributed by atoms with Crippen molar-refractivity contribution >= 4 is 22.6 Å². The van der Waals surface area contributed by atoms with Crippen molar-refractivity contribution in [1.29, 1.82) is 0 Å². The molecule has 0 spiro atoms. The van der Waals surface area contributed by atoms with Crippen LogP contribution in [0.4, 0.5) is 18.9 Å². The van der Waals surface area contributed by atoms with Crippen molar-refractivity contribution < 1.29 is 27.8 Å². The summed E-state index contributed by atoms with van der Waals surface area (Å²) in [5.41, 5.74) is 4.18. The van der Waals surface area contributed by atoms with Gasteiger partial charge in [-0.25, -0.2) is 4.79 Å². The van der Waals surface area contributed by atoms with Crippen molar-refractivity contribution in [2.75, 3.05) is 12.8 Å². The molecule has 31 heavy (non-hydrogen) atoms. The van der Waals surface area contributed by atoms with E-state index in [0.29, 0.717) is 5.56 Å². The number of nitrogen functional groups attached to an aromatic ring is 1. The molecule has 3 N–H and O–H groups in total. The van der Waals surface area contributed by atoms with Crippen molar-refractivity contribution in [2.24, 2.45) is 5.92 Å². The summed E-state index contributed by atoms with van der Waals surface area (Å²) in [6.45, 7) is 0. The van der Waals surface area contributed by atoms with Crippen molar-refractivity contribution in [3.05, 3.63) is 69.5 Å². The Bertz CT molecular complexity index is 1230. The van der Waals surface area contributed by atoms with Gasteiger partial charge in [0.2, 0.25) is 0 Å². The van der Waals surface area contributed by atoms with Crippen molar-refractivity contribution in [3.8, 4) is 5.69 Å². The molecule has 1 saturated carbocycles. The molecule has 162 valence electrons. The summed E-state index contributed by atoms with van der Waals surface area (Å²) in [4.78, 5) is 25.4. The Balaban J connectivity index is 1.99. The van der Waals surface area contributed by atoms with E-state index < -0.39 is 34.9 Å². The third-order valence-corrected chi connectivity index (χ3v) is 5.49. The summed E-state index contributed by atoms with van der Waals surface area (Å²) in [5.74, 6) is -0.801. The standard InChI is InChI=1S/C22H19F3N2O4/c1-31-21(30)17-18(26)15-9-6-13(22(23,24)25)10-16(15)27(20(17)29)14-7-4-12(5-8-14)19(28)11-2-3-11/h4-11,19,28H,2-3,26H2,1H3. The molecule has 1 unspecified atom stereocenters. The number of esters is 1. The molecule has 0 bridgehead atoms. The zero-order valence-corrected chi connectivity index (χ0v) is 16.4. The number of hydrogen-bond acceptors (Lipinski definition) is 5. The number of alkyl halides is 3. The smallest absolute Gasteiger partial charge is 0.416 e. The third-order valence-electron chi connectivity index (χ3n) is 5.49. The van der Waals surface area contributed by atoms with E-state index in [2.05, 4.69) is 4.74 Å². The lowest BCUT2D eigenvalue weighted by Gasteiger charge is -2.17. The van der Waals surface area contributed by atoms with Gasteiger partial charge in [0.15, 0.2) is 0 Å². The van der Waals surface area contributed by atoms with Crippen molar-refractivity contribution in [1.82, 2.24) is 4.57 Å². The van der Waals surface area contributed by atoms with E-state index in [0.717, 1.165) is 42.7 Å². The Morgan fingerprint density at radius 1 is 1.19 bits per heavy atom. The quantitative estimate of drug-likeness (QED) is 0.612. The number of aliphatic hydroxyl groups is 1. The number of ether oxygens (including phenoxy) is 1. The first kappa shape index (κ1) is 20.9. The fraction of sp³-hybridized carbons (Fsp3) is 0.273. The maximum absolute atomic E-state index is 13.3. The summed E-state index contributed by atoms with van der Waals surface area (Å²) in [7, 11) is 1.08. The molecule has 6 nitrogen and oxygen atoms in total. The second-order valence-corrected chi connectivity index (χ2v) is 7.52. The van der Waals surface area contributed by atoms with Gasteiger partial charge in [0.25, 0.3) is 5.56 Å². The zero-order valence-electron chi connectivity index (χ0n) is 16.4. The number of halogens is 3. The number of nitrogens with two attached hydrogens (primary N) is 1. The minimum Gasteiger partial charge on any atom is -0.465 e. The van der Waals surface area contributed by atoms with Gasteiger partial charge in [0.1, 0.15) is 5.56 Å². The van der Waals surface area contributed by atoms with E-state index in [4.69, 9.17) is 5.73 Å². The molecule has 0 saturated heterocycles. The highest BCUT2D eigenvalue weighted by atomic mass is 19.4. The van der Waals surface area contributed by atoms with Crippen LogP contribution in [-0.2, 0) is 10.9 Å². The van der Waals surface area contributed by atoms with Crippen LogP contribution in [0.5, 0.6) is 0 Å². The first-order valence-electron chi connectivity index (χ1n) is 9.55. The highest BCUT2D eigenvalue weighted by Gasteiger charge is 2.32. The molecule has 1 aliphatic carbocycles. The van der Waals surface area contributed by atoms with Gasteiger partial charge < -0.3 is 15.6 Å². The molecular formula is C22H19F3N2O4. The first-order chi connectivity index (χ1) is 14.6. The van der Waals surface area contributed by atoms with Crippen molar-refractivity contribution in [2.45, 2.75) is 25.1 Å². The molecule has 2 aromatic carbocycles. The van der Waals surface area contributed by atoms with Gasteiger partial charge in [-0.1, -0.05) is 18.2 Å². The molecule has 0 amide bonds. The van der Waals surface area contributed by atoms with Crippen LogP contribution in [-0.4, -0.2) is 22.8 Å². The number of aliphatic hydroxyl groups excluding tert-OH is 1. The number of methoxy groups -OCH3 is 1. The average molecular weight is 432 g/mol. The first-order valence-corrected chi connectivity index (χ1v) is 9.55. The summed E-state index contributed by atoms with van der Waals surface area (Å²) in [6.07, 6.45) is -3.43. The SMILES string of the molecule is COC(=O)c1c(N)c2ccc(C(F)(F)F)cc2n(-c2ccc(C(O)C3CC3)cc2)c1=O. The van der Waals surface area contributed by atoms with Gasteiger partial charge in [0.05, 0.1) is 30.0 Å². The van der Waals surface area contributed by atoms with E-state index in [1.54, 1.807) is 12.1 Å². The molecule has 9 heteroatoms. The van der Waals surface area contributed by atoms with Gasteiger partial charge >= 0.3 is 12.1 Å². The fourth-order valence-electron chi connectivity index (χ4n) is 3.65. The van der Waals surface area contributed by atoms with E-state index in [9.17, 15) is 27.9 Å². The molecule has 0 aliphatic heterocycles. The molecule has 3 aromatic rings. The average Bonchev–Trinajstić information content (AvgIpc) is 3.58. The Kier molecular flexibility index (Phi) is 5.01. The van der Waals surface area contributed by atoms with E-state index in [1.165, 1.54) is 12.1 Å². The van der Waals surface area contributed by atoms with E-state index in [1.807, 2.05) is 0 Å². The minimum atomic E-state index is -4.64. The Morgan fingerprint density at radius 3 is 2.39 bits per heavy atom. The summed E-state index contributed by atoms with van der Waals surface area (Å²) >= 11 is 0. The Labute approximate surface area is 174 Å². The highest BCUT2D eigenvalue weighted by Crippen LogP contribution is 2.41. The maximum Gasteiger partial charge on any atom is 0.416 e. The second kappa shape index (κ2) is 7.42. The molecule has 1 aliphatic rings. The second-order valence-electron chi connectivity index (χ2n) is 7.52. The number of benzene rings is 2. The number of pyridine rings is 1. The van der Waals surface area contributed by atoms with E-state index in [-0.39, 0.29) is 28.2 Å². The maximum atomic E-state index is 13.3. The van der Waals surface area contributed by atoms with Crippen LogP contribution in [0.25, 0.3) is 16.6 Å². The minimum absolute atomic E-state index is 0.0968. The third kappa shape index (κ3) is 3.65. The summed E-state index contributed by atoms with van der Waals surface area (Å²) in [5, 5.41) is 10.4. The lowest BCUT2D eigenvalue weighted by molar-refractivity contribution is -0.137. The number of aromatic nitrogens is 1. The molecule has 1 aromatic heterocycles. The van der Waals surface area contributed by atoms with Gasteiger partial charge in [-0.15, -0.1) is 0 Å². The molecule has 4 rings (SSSR count). The number of rotatable bonds is 4. The molecule has 1 atom stereocenters. The van der Waals surface area contributed by atoms with Crippen LogP contribution in [0.2, 0.25) is 0 Å². The monoisotopic (exact) mass is 432 g/mol. The Morgan fingerprint density at radius 2 is 1.84 bits per heavy atom. The number of carbonyl (C=O) groups excluding carboxylic acids is 1. The molecular weight excluding hydrogens is 413 g/mol. The highest BCUT2D eigenvalue weighted by molar-refractivity contribution is 6.04. The van der Waals surface area contributed by atoms with Crippen LogP contribution in [0.15, 0.2) is 47.3 Å². The lowest BCUT2D eigenvalue weighted by Crippen LogP contribution is -2.28. The van der Waals surface area contributed by atoms with Gasteiger partial charge in [-0.2, -0.15) is 13.2 Å². The van der Waals surface area contributed by atoms with Crippen LogP contribution in [0, 0.1) is 5.92 Å². The molecule has 1 heterocycles. The lowest BCUT2D eigenvalue weighted by atomic mass is 10.0. The Hall–Kier alpha value is -3.33. The number of anilines is 1. The topological polar surface area (TPSA) is 94.6 Å². The largest absolute Gasteiger partial charge is 0.465 e. The van der Waals surface area contributed by atoms with Gasteiger partial charge in [-0.05, 0) is 48.6 Å². The zero-order chi connectivity index (χ0) is 22.5. The van der Waals surface area contributed by atoms with Gasteiger partial charge in [-0.3, -0.25) is 9.36 Å². The molecule has 1 fully saturated rings. The molecule has 0 radical (unpaired) electrons. The normalized spacial score (nSPS) is 15.1. The van der Waals surface area contributed by atoms with Crippen molar-refractivity contribution in [3.63, 3.8) is 0 Å². The van der Waals surface area contributed by atoms with Gasteiger partial charge in [0, 0.05) is 11.1 Å². The predicted octanol–water partition coefficient (Wildman–Crippen LogP) is 3.82. The number of fused-ring (bicyclic) bond motifs is 1. The van der Waals surface area contributed by atoms with Crippen LogP contribution in [0.3, 0.4) is 0 Å². The van der Waals surface area contributed by atoms with Crippen LogP contribution < -0.4 is 11.3 Å². The number of carbonyl (C=O) groups is 1. The van der Waals surface area contributed by atoms with Crippen LogP contribution >= 0.6 is 0 Å². The predicted molar refractivity (Wildman–Crippen MR) is 108 cm³/mol. The fourth-order valence-corrected chi connectivity index (χ4v) is 3.65. The van der Waals surface area contributed by atoms with Crippen LogP contribution in [0.1, 0.15) is 40.4 Å². The number of nitrogens with zero attached hydrogens (tertiary/aromatic N) is 1.